The highest BCUT2D eigenvalue weighted by molar-refractivity contribution is 7.79. The third-order valence-electron chi connectivity index (χ3n) is 3.94. The third-order valence-corrected chi connectivity index (χ3v) is 8.95. The van der Waals surface area contributed by atoms with Crippen molar-refractivity contribution in [2.24, 2.45) is 11.8 Å². The van der Waals surface area contributed by atoms with Gasteiger partial charge < -0.3 is 0 Å². The second kappa shape index (κ2) is 6.79. The van der Waals surface area contributed by atoms with Gasteiger partial charge in [-0.05, 0) is 0 Å². The van der Waals surface area contributed by atoms with E-state index < -0.39 is 47.7 Å². The Morgan fingerprint density at radius 3 is 1.54 bits per heavy atom. The Morgan fingerprint density at radius 2 is 1.25 bits per heavy atom. The van der Waals surface area contributed by atoms with Crippen molar-refractivity contribution in [3.63, 3.8) is 0 Å². The summed E-state index contributed by atoms with van der Waals surface area (Å²) in [5.74, 6) is -0.911. The number of fused-ring (bicyclic) bond motifs is 5. The monoisotopic (exact) mass is 502 g/mol. The van der Waals surface area contributed by atoms with Crippen LogP contribution in [0.4, 0.5) is 0 Å². The Hall–Kier alpha value is 1.42. The molecule has 2 bridgehead atoms. The number of hydrogen-bond acceptors (Lipinski definition) is 5. The summed E-state index contributed by atoms with van der Waals surface area (Å²) < 4.78 is 51.3. The average molecular weight is 505 g/mol. The van der Waals surface area contributed by atoms with Crippen molar-refractivity contribution in [2.45, 2.75) is 14.1 Å². The Balaban J connectivity index is 0.000000368. The molecule has 0 aromatic carbocycles. The third kappa shape index (κ3) is 3.12. The smallest absolute Gasteiger partial charge is 0.268 e. The van der Waals surface area contributed by atoms with E-state index in [1.807, 2.05) is 0 Å². The Kier molecular flexibility index (Phi) is 6.14. The molecule has 0 amide bonds. The quantitative estimate of drug-likeness (QED) is 0.385. The van der Waals surface area contributed by atoms with Crippen molar-refractivity contribution in [2.75, 3.05) is 13.2 Å². The lowest BCUT2D eigenvalue weighted by Crippen LogP contribution is -2.45. The Bertz CT molecular complexity index is 663. The number of alkyl halides is 4. The van der Waals surface area contributed by atoms with Gasteiger partial charge in [0.2, 0.25) is 0 Å². The maximum atomic E-state index is 11.3. The van der Waals surface area contributed by atoms with Gasteiger partial charge >= 0.3 is 21.8 Å². The number of halogens is 6. The van der Waals surface area contributed by atoms with Crippen LogP contribution in [0.1, 0.15) is 0 Å². The molecule has 15 heteroatoms. The largest absolute Gasteiger partial charge is 0.394 e. The van der Waals surface area contributed by atoms with Crippen LogP contribution in [0.5, 0.6) is 0 Å². The molecule has 1 saturated heterocycles. The first kappa shape index (κ1) is 21.7. The highest BCUT2D eigenvalue weighted by Gasteiger charge is 2.82. The molecule has 1 heterocycles. The highest BCUT2D eigenvalue weighted by atomic mass is 35.5. The maximum absolute atomic E-state index is 11.3. The van der Waals surface area contributed by atoms with E-state index in [1.165, 1.54) is 0 Å². The topological polar surface area (TPSA) is 110 Å². The summed E-state index contributed by atoms with van der Waals surface area (Å²) in [5.41, 5.74) is 0. The van der Waals surface area contributed by atoms with Crippen LogP contribution in [0.15, 0.2) is 10.1 Å². The molecular weight excluding hydrogens is 497 g/mol. The van der Waals surface area contributed by atoms with Gasteiger partial charge in [-0.25, -0.2) is 0 Å². The van der Waals surface area contributed by atoms with Gasteiger partial charge in [0.25, 0.3) is 0 Å². The molecular formula is C9H8Cl6O7S2. The van der Waals surface area contributed by atoms with Gasteiger partial charge in [-0.1, -0.05) is 46.4 Å². The van der Waals surface area contributed by atoms with Crippen LogP contribution >= 0.6 is 69.6 Å². The molecule has 2 N–H and O–H groups in total. The summed E-state index contributed by atoms with van der Waals surface area (Å²) in [5, 5.41) is 0.210. The summed E-state index contributed by atoms with van der Waals surface area (Å²) in [6, 6.07) is 0. The van der Waals surface area contributed by atoms with Crippen molar-refractivity contribution in [1.29, 1.82) is 0 Å². The first-order valence-electron chi connectivity index (χ1n) is 5.89. The summed E-state index contributed by atoms with van der Waals surface area (Å²) in [7, 11) is -4.67. The zero-order valence-electron chi connectivity index (χ0n) is 11.1. The summed E-state index contributed by atoms with van der Waals surface area (Å²) >= 11 is 36.4. The molecule has 1 saturated carbocycles. The van der Waals surface area contributed by atoms with Crippen LogP contribution < -0.4 is 0 Å². The molecule has 24 heavy (non-hydrogen) atoms. The van der Waals surface area contributed by atoms with Crippen molar-refractivity contribution >= 4 is 91.4 Å². The van der Waals surface area contributed by atoms with Crippen LogP contribution in [-0.4, -0.2) is 49.0 Å². The van der Waals surface area contributed by atoms with E-state index >= 15 is 0 Å². The molecule has 4 atom stereocenters. The van der Waals surface area contributed by atoms with E-state index in [9.17, 15) is 4.21 Å². The van der Waals surface area contributed by atoms with Crippen LogP contribution in [0.25, 0.3) is 0 Å². The molecule has 0 aromatic rings. The lowest BCUT2D eigenvalue weighted by molar-refractivity contribution is 0.207. The number of rotatable bonds is 0. The molecule has 0 spiro atoms. The minimum Gasteiger partial charge on any atom is -0.268 e. The number of hydrogen-bond donors (Lipinski definition) is 2. The normalized spacial score (nSPS) is 43.8. The van der Waals surface area contributed by atoms with E-state index in [0.717, 1.165) is 0 Å². The Labute approximate surface area is 169 Å². The van der Waals surface area contributed by atoms with Gasteiger partial charge in [0.15, 0.2) is 4.33 Å². The molecule has 7 nitrogen and oxygen atoms in total. The second-order valence-electron chi connectivity index (χ2n) is 5.06. The molecule has 3 rings (SSSR count). The first-order valence-corrected chi connectivity index (χ1v) is 10.6. The van der Waals surface area contributed by atoms with Crippen molar-refractivity contribution < 1.29 is 30.1 Å². The van der Waals surface area contributed by atoms with E-state index in [1.54, 1.807) is 0 Å². The van der Waals surface area contributed by atoms with Crippen molar-refractivity contribution in [3.8, 4) is 0 Å². The zero-order chi connectivity index (χ0) is 18.7. The SMILES string of the molecule is O=S(=O)(O)O.O=S1OCC2C(CO1)C1(Cl)C(Cl)=C(Cl)C2(Cl)C1(Cl)Cl. The van der Waals surface area contributed by atoms with Gasteiger partial charge in [0.1, 0.15) is 9.75 Å². The van der Waals surface area contributed by atoms with Crippen LogP contribution in [0, 0.1) is 11.8 Å². The van der Waals surface area contributed by atoms with E-state index in [4.69, 9.17) is 95.5 Å². The average Bonchev–Trinajstić information content (AvgIpc) is 2.62. The van der Waals surface area contributed by atoms with Gasteiger partial charge in [-0.2, -0.15) is 12.6 Å². The lowest BCUT2D eigenvalue weighted by Gasteiger charge is -2.33. The van der Waals surface area contributed by atoms with Crippen LogP contribution in [-0.2, 0) is 30.1 Å². The fourth-order valence-electron chi connectivity index (χ4n) is 2.96. The molecule has 3 aliphatic rings. The summed E-state index contributed by atoms with van der Waals surface area (Å²) in [6.07, 6.45) is 0. The standard InChI is InChI=1S/C9H6Cl6O3S.H2O4S/c10-5-6(11)8(13)4-2-18-19(16)17-1-3(4)7(5,12)9(8,14)15;1-5(2,3)4/h3-4H,1-2H2;(H2,1,2,3,4). The molecule has 1 aliphatic heterocycles. The van der Waals surface area contributed by atoms with Crippen LogP contribution in [0.2, 0.25) is 0 Å². The van der Waals surface area contributed by atoms with Crippen LogP contribution in [0.3, 0.4) is 0 Å². The van der Waals surface area contributed by atoms with E-state index in [-0.39, 0.29) is 23.3 Å². The van der Waals surface area contributed by atoms with Gasteiger partial charge in [-0.3, -0.25) is 17.5 Å². The predicted molar refractivity (Wildman–Crippen MR) is 91.5 cm³/mol. The fourth-order valence-corrected chi connectivity index (χ4v) is 6.60. The minimum absolute atomic E-state index is 0.0107. The van der Waals surface area contributed by atoms with Crippen molar-refractivity contribution in [1.82, 2.24) is 0 Å². The molecule has 2 aliphatic carbocycles. The van der Waals surface area contributed by atoms with Crippen molar-refractivity contribution in [3.05, 3.63) is 10.1 Å². The predicted octanol–water partition coefficient (Wildman–Crippen LogP) is 3.04. The molecule has 4 unspecified atom stereocenters. The van der Waals surface area contributed by atoms with Gasteiger partial charge in [-0.15, -0.1) is 23.2 Å². The highest BCUT2D eigenvalue weighted by Crippen LogP contribution is 2.76. The number of allylic oxidation sites excluding steroid dienone is 2. The van der Waals surface area contributed by atoms with Gasteiger partial charge in [0, 0.05) is 11.8 Å². The summed E-state index contributed by atoms with van der Waals surface area (Å²) in [6.45, 7) is 0.0215. The maximum Gasteiger partial charge on any atom is 0.394 e. The first-order chi connectivity index (χ1) is 10.7. The second-order valence-corrected chi connectivity index (χ2v) is 10.1. The zero-order valence-corrected chi connectivity index (χ0v) is 17.3. The van der Waals surface area contributed by atoms with Gasteiger partial charge in [0.05, 0.1) is 23.3 Å². The molecule has 0 aromatic heterocycles. The molecule has 140 valence electrons. The minimum atomic E-state index is -4.67. The van der Waals surface area contributed by atoms with E-state index in [2.05, 4.69) is 0 Å². The lowest BCUT2D eigenvalue weighted by atomic mass is 9.83. The molecule has 2 fully saturated rings. The fraction of sp³-hybridized carbons (Fsp3) is 0.778. The van der Waals surface area contributed by atoms with E-state index in [0.29, 0.717) is 0 Å². The molecule has 0 radical (unpaired) electrons. The summed E-state index contributed by atoms with van der Waals surface area (Å²) in [4.78, 5) is -2.78. The Morgan fingerprint density at radius 1 is 0.958 bits per heavy atom.